The van der Waals surface area contributed by atoms with Gasteiger partial charge in [0.05, 0.1) is 26.1 Å². The molecule has 0 saturated heterocycles. The molecule has 0 aliphatic carbocycles. The van der Waals surface area contributed by atoms with Crippen LogP contribution in [0.4, 0.5) is 5.69 Å². The number of hydrazone groups is 1. The number of carbonyl (C=O) groups excluding carboxylic acids is 2. The number of benzene rings is 2. The van der Waals surface area contributed by atoms with Crippen LogP contribution < -0.4 is 20.2 Å². The van der Waals surface area contributed by atoms with Crippen LogP contribution in [0.5, 0.6) is 11.5 Å². The Morgan fingerprint density at radius 1 is 0.958 bits per heavy atom. The number of hydrogen-bond acceptors (Lipinski definition) is 5. The molecule has 2 N–H and O–H groups in total. The van der Waals surface area contributed by atoms with Crippen molar-refractivity contribution in [3.05, 3.63) is 54.1 Å². The van der Waals surface area contributed by atoms with E-state index < -0.39 is 11.8 Å². The predicted octanol–water partition coefficient (Wildman–Crippen LogP) is 1.79. The van der Waals surface area contributed by atoms with Crippen LogP contribution in [0.15, 0.2) is 53.6 Å². The zero-order valence-corrected chi connectivity index (χ0v) is 13.3. The van der Waals surface area contributed by atoms with Gasteiger partial charge < -0.3 is 14.8 Å². The van der Waals surface area contributed by atoms with Crippen LogP contribution in [0.2, 0.25) is 0 Å². The summed E-state index contributed by atoms with van der Waals surface area (Å²) in [6.07, 6.45) is 1.42. The minimum Gasteiger partial charge on any atom is -0.497 e. The van der Waals surface area contributed by atoms with Gasteiger partial charge in [-0.1, -0.05) is 12.1 Å². The summed E-state index contributed by atoms with van der Waals surface area (Å²) in [5, 5.41) is 6.20. The Hall–Kier alpha value is -3.35. The highest BCUT2D eigenvalue weighted by Crippen LogP contribution is 2.22. The topological polar surface area (TPSA) is 89.0 Å². The lowest BCUT2D eigenvalue weighted by Crippen LogP contribution is -2.32. The molecule has 0 radical (unpaired) electrons. The van der Waals surface area contributed by atoms with Gasteiger partial charge in [0.2, 0.25) is 0 Å². The average molecular weight is 327 g/mol. The predicted molar refractivity (Wildman–Crippen MR) is 90.4 cm³/mol. The van der Waals surface area contributed by atoms with Crippen LogP contribution in [0.1, 0.15) is 5.56 Å². The molecule has 2 amide bonds. The maximum absolute atomic E-state index is 11.8. The monoisotopic (exact) mass is 327 g/mol. The molecule has 0 fully saturated rings. The number of nitrogens with one attached hydrogen (secondary N) is 2. The van der Waals surface area contributed by atoms with Crippen molar-refractivity contribution < 1.29 is 19.1 Å². The van der Waals surface area contributed by atoms with Gasteiger partial charge in [0.1, 0.15) is 11.5 Å². The number of nitrogens with zero attached hydrogens (tertiary/aromatic N) is 1. The lowest BCUT2D eigenvalue weighted by molar-refractivity contribution is -0.136. The first-order valence-corrected chi connectivity index (χ1v) is 7.05. The Bertz CT molecular complexity index is 742. The second-order valence-electron chi connectivity index (χ2n) is 4.63. The quantitative estimate of drug-likeness (QED) is 0.498. The molecular weight excluding hydrogens is 310 g/mol. The summed E-state index contributed by atoms with van der Waals surface area (Å²) in [7, 11) is 3.05. The molecule has 2 aromatic carbocycles. The Morgan fingerprint density at radius 3 is 2.33 bits per heavy atom. The maximum Gasteiger partial charge on any atom is 0.329 e. The molecule has 0 unspecified atom stereocenters. The third-order valence-electron chi connectivity index (χ3n) is 3.06. The highest BCUT2D eigenvalue weighted by molar-refractivity contribution is 6.39. The van der Waals surface area contributed by atoms with Crippen LogP contribution in [-0.2, 0) is 9.59 Å². The minimum absolute atomic E-state index is 0.402. The van der Waals surface area contributed by atoms with Crippen LogP contribution in [0.25, 0.3) is 0 Å². The van der Waals surface area contributed by atoms with Crippen molar-refractivity contribution in [1.82, 2.24) is 5.43 Å². The Kier molecular flexibility index (Phi) is 5.90. The molecule has 124 valence electrons. The fourth-order valence-electron chi connectivity index (χ4n) is 1.83. The highest BCUT2D eigenvalue weighted by atomic mass is 16.5. The summed E-state index contributed by atoms with van der Waals surface area (Å²) in [5.41, 5.74) is 3.32. The van der Waals surface area contributed by atoms with Gasteiger partial charge >= 0.3 is 11.8 Å². The van der Waals surface area contributed by atoms with Crippen molar-refractivity contribution in [3.63, 3.8) is 0 Å². The van der Waals surface area contributed by atoms with Crippen molar-refractivity contribution in [2.75, 3.05) is 19.5 Å². The van der Waals surface area contributed by atoms with Gasteiger partial charge in [-0.15, -0.1) is 0 Å². The first-order valence-electron chi connectivity index (χ1n) is 7.05. The van der Waals surface area contributed by atoms with E-state index in [4.69, 9.17) is 9.47 Å². The lowest BCUT2D eigenvalue weighted by Gasteiger charge is -2.08. The number of rotatable bonds is 5. The molecule has 2 rings (SSSR count). The first-order chi connectivity index (χ1) is 11.6. The summed E-state index contributed by atoms with van der Waals surface area (Å²) in [4.78, 5) is 23.6. The number of amides is 2. The van der Waals surface area contributed by atoms with Gasteiger partial charge in [-0.2, -0.15) is 5.10 Å². The highest BCUT2D eigenvalue weighted by Gasteiger charge is 2.14. The summed E-state index contributed by atoms with van der Waals surface area (Å²) in [6.45, 7) is 0. The SMILES string of the molecule is COc1ccc(/C=N\NC(=O)C(=O)Nc2ccccc2OC)cc1. The number of methoxy groups -OCH3 is 2. The van der Waals surface area contributed by atoms with Gasteiger partial charge in [-0.05, 0) is 42.0 Å². The van der Waals surface area contributed by atoms with E-state index in [1.54, 1.807) is 55.6 Å². The lowest BCUT2D eigenvalue weighted by atomic mass is 10.2. The van der Waals surface area contributed by atoms with Gasteiger partial charge in [0.15, 0.2) is 0 Å². The van der Waals surface area contributed by atoms with Gasteiger partial charge in [0.25, 0.3) is 0 Å². The zero-order chi connectivity index (χ0) is 17.4. The Morgan fingerprint density at radius 2 is 1.67 bits per heavy atom. The van der Waals surface area contributed by atoms with Crippen LogP contribution in [0, 0.1) is 0 Å². The maximum atomic E-state index is 11.8. The average Bonchev–Trinajstić information content (AvgIpc) is 2.62. The van der Waals surface area contributed by atoms with Crippen molar-refractivity contribution in [3.8, 4) is 11.5 Å². The number of anilines is 1. The van der Waals surface area contributed by atoms with E-state index in [1.807, 2.05) is 0 Å². The summed E-state index contributed by atoms with van der Waals surface area (Å²) in [5.74, 6) is -0.551. The number of hydrogen-bond donors (Lipinski definition) is 2. The largest absolute Gasteiger partial charge is 0.497 e. The van der Waals surface area contributed by atoms with Crippen LogP contribution in [0.3, 0.4) is 0 Å². The first kappa shape index (κ1) is 17.0. The molecule has 0 aromatic heterocycles. The van der Waals surface area contributed by atoms with E-state index in [1.165, 1.54) is 13.3 Å². The van der Waals surface area contributed by atoms with Crippen molar-refractivity contribution in [2.45, 2.75) is 0 Å². The van der Waals surface area contributed by atoms with Gasteiger partial charge in [0, 0.05) is 0 Å². The smallest absolute Gasteiger partial charge is 0.329 e. The van der Waals surface area contributed by atoms with E-state index in [-0.39, 0.29) is 0 Å². The standard InChI is InChI=1S/C17H17N3O4/c1-23-13-9-7-12(8-10-13)11-18-20-17(22)16(21)19-14-5-3-4-6-15(14)24-2/h3-11H,1-2H3,(H,19,21)(H,20,22)/b18-11-. The molecule has 0 spiro atoms. The van der Waals surface area contributed by atoms with Crippen molar-refractivity contribution in [2.24, 2.45) is 5.10 Å². The zero-order valence-electron chi connectivity index (χ0n) is 13.3. The summed E-state index contributed by atoms with van der Waals surface area (Å²) < 4.78 is 10.1. The molecular formula is C17H17N3O4. The molecule has 0 aliphatic heterocycles. The molecule has 0 saturated carbocycles. The fraction of sp³-hybridized carbons (Fsp3) is 0.118. The molecule has 0 atom stereocenters. The summed E-state index contributed by atoms with van der Waals surface area (Å²) >= 11 is 0. The fourth-order valence-corrected chi connectivity index (χ4v) is 1.83. The van der Waals surface area contributed by atoms with E-state index in [0.717, 1.165) is 5.56 Å². The minimum atomic E-state index is -0.884. The van der Waals surface area contributed by atoms with E-state index in [9.17, 15) is 9.59 Å². The van der Waals surface area contributed by atoms with Crippen molar-refractivity contribution in [1.29, 1.82) is 0 Å². The van der Waals surface area contributed by atoms with Gasteiger partial charge in [-0.3, -0.25) is 9.59 Å². The Balaban J connectivity index is 1.91. The second kappa shape index (κ2) is 8.33. The van der Waals surface area contributed by atoms with Crippen molar-refractivity contribution >= 4 is 23.7 Å². The molecule has 0 aliphatic rings. The van der Waals surface area contributed by atoms with Gasteiger partial charge in [-0.25, -0.2) is 5.43 Å². The van der Waals surface area contributed by atoms with Crippen LogP contribution >= 0.6 is 0 Å². The molecule has 7 heteroatoms. The molecule has 7 nitrogen and oxygen atoms in total. The number of ether oxygens (including phenoxy) is 2. The van der Waals surface area contributed by atoms with E-state index in [0.29, 0.717) is 17.2 Å². The molecule has 2 aromatic rings. The van der Waals surface area contributed by atoms with E-state index in [2.05, 4.69) is 15.8 Å². The molecule has 24 heavy (non-hydrogen) atoms. The Labute approximate surface area is 139 Å². The van der Waals surface area contributed by atoms with Crippen LogP contribution in [-0.4, -0.2) is 32.2 Å². The third kappa shape index (κ3) is 4.57. The number of carbonyl (C=O) groups is 2. The molecule has 0 bridgehead atoms. The third-order valence-corrected chi connectivity index (χ3v) is 3.06. The number of para-hydroxylation sites is 2. The second-order valence-corrected chi connectivity index (χ2v) is 4.63. The summed E-state index contributed by atoms with van der Waals surface area (Å²) in [6, 6.07) is 13.8. The molecule has 0 heterocycles. The van der Waals surface area contributed by atoms with E-state index >= 15 is 0 Å². The normalized spacial score (nSPS) is 10.2.